The summed E-state index contributed by atoms with van der Waals surface area (Å²) in [6, 6.07) is 4.49. The van der Waals surface area contributed by atoms with Crippen molar-refractivity contribution in [1.29, 1.82) is 0 Å². The largest absolute Gasteiger partial charge is 0.464 e. The van der Waals surface area contributed by atoms with Gasteiger partial charge in [-0.25, -0.2) is 0 Å². The molecular formula is C19H25N3O3. The molecule has 1 amide bonds. The summed E-state index contributed by atoms with van der Waals surface area (Å²) >= 11 is 0. The third-order valence-corrected chi connectivity index (χ3v) is 5.14. The molecule has 0 unspecified atom stereocenters. The van der Waals surface area contributed by atoms with E-state index in [2.05, 4.69) is 23.1 Å². The van der Waals surface area contributed by atoms with Gasteiger partial charge < -0.3 is 13.8 Å². The lowest BCUT2D eigenvalue weighted by atomic mass is 10.2. The Bertz CT molecular complexity index is 747. The minimum absolute atomic E-state index is 0.191. The summed E-state index contributed by atoms with van der Waals surface area (Å²) in [5.74, 6) is 4.73. The van der Waals surface area contributed by atoms with Crippen molar-refractivity contribution in [3.05, 3.63) is 35.4 Å². The number of aromatic nitrogens is 2. The monoisotopic (exact) mass is 343 g/mol. The zero-order valence-electron chi connectivity index (χ0n) is 14.9. The summed E-state index contributed by atoms with van der Waals surface area (Å²) in [5, 5.41) is 3.78. The fraction of sp³-hybridized carbons (Fsp3) is 0.632. The first-order chi connectivity index (χ1) is 12.1. The Morgan fingerprint density at radius 3 is 2.80 bits per heavy atom. The highest BCUT2D eigenvalue weighted by Crippen LogP contribution is 2.47. The van der Waals surface area contributed by atoms with E-state index in [4.69, 9.17) is 8.94 Å². The minimum atomic E-state index is 0.191. The van der Waals surface area contributed by atoms with E-state index in [-0.39, 0.29) is 5.91 Å². The van der Waals surface area contributed by atoms with Gasteiger partial charge in [0.05, 0.1) is 6.54 Å². The van der Waals surface area contributed by atoms with Crippen molar-refractivity contribution in [3.63, 3.8) is 0 Å². The molecular weight excluding hydrogens is 318 g/mol. The van der Waals surface area contributed by atoms with Gasteiger partial charge >= 0.3 is 0 Å². The highest BCUT2D eigenvalue weighted by atomic mass is 16.5. The number of nitrogens with zero attached hydrogens (tertiary/aromatic N) is 3. The fourth-order valence-electron chi connectivity index (χ4n) is 3.35. The van der Waals surface area contributed by atoms with E-state index >= 15 is 0 Å². The molecule has 2 aromatic heterocycles. The lowest BCUT2D eigenvalue weighted by molar-refractivity contribution is -0.132. The maximum atomic E-state index is 12.6. The van der Waals surface area contributed by atoms with Crippen LogP contribution >= 0.6 is 0 Å². The number of hydrogen-bond donors (Lipinski definition) is 0. The maximum Gasteiger partial charge on any atom is 0.226 e. The Morgan fingerprint density at radius 1 is 1.36 bits per heavy atom. The van der Waals surface area contributed by atoms with Crippen LogP contribution in [0.4, 0.5) is 0 Å². The quantitative estimate of drug-likeness (QED) is 0.732. The van der Waals surface area contributed by atoms with E-state index in [1.54, 1.807) is 6.92 Å². The molecule has 4 rings (SSSR count). The van der Waals surface area contributed by atoms with Gasteiger partial charge in [-0.2, -0.15) is 4.98 Å². The predicted octanol–water partition coefficient (Wildman–Crippen LogP) is 3.61. The van der Waals surface area contributed by atoms with Gasteiger partial charge in [-0.1, -0.05) is 12.1 Å². The van der Waals surface area contributed by atoms with Crippen molar-refractivity contribution < 1.29 is 13.7 Å². The number of hydrogen-bond acceptors (Lipinski definition) is 5. The molecule has 0 spiro atoms. The van der Waals surface area contributed by atoms with E-state index in [1.165, 1.54) is 6.42 Å². The first-order valence-electron chi connectivity index (χ1n) is 9.27. The number of aryl methyl sites for hydroxylation is 2. The van der Waals surface area contributed by atoms with Gasteiger partial charge in [0.2, 0.25) is 11.8 Å². The molecule has 2 saturated carbocycles. The van der Waals surface area contributed by atoms with Crippen molar-refractivity contribution in [2.75, 3.05) is 0 Å². The standard InChI is InChI=1S/C19H25N3O3/c1-12-10-16(12)17-9-8-15(24-17)11-22(14-6-7-14)19(23)5-3-4-18-20-13(2)21-25-18/h8-9,12,14,16H,3-7,10-11H2,1-2H3/t12-,16-/m0/s1. The third-order valence-electron chi connectivity index (χ3n) is 5.14. The molecule has 2 fully saturated rings. The van der Waals surface area contributed by atoms with Crippen LogP contribution in [-0.2, 0) is 17.8 Å². The van der Waals surface area contributed by atoms with Gasteiger partial charge in [0.25, 0.3) is 0 Å². The maximum absolute atomic E-state index is 12.6. The highest BCUT2D eigenvalue weighted by Gasteiger charge is 2.37. The molecule has 0 N–H and O–H groups in total. The first-order valence-corrected chi connectivity index (χ1v) is 9.27. The SMILES string of the molecule is Cc1noc(CCCC(=O)N(Cc2ccc([C@H]3C[C@@H]3C)o2)C2CC2)n1. The number of carbonyl (C=O) groups is 1. The molecule has 134 valence electrons. The van der Waals surface area contributed by atoms with Crippen molar-refractivity contribution in [2.24, 2.45) is 5.92 Å². The van der Waals surface area contributed by atoms with Crippen LogP contribution in [0.2, 0.25) is 0 Å². The van der Waals surface area contributed by atoms with Crippen LogP contribution < -0.4 is 0 Å². The van der Waals surface area contributed by atoms with E-state index in [1.807, 2.05) is 11.0 Å². The van der Waals surface area contributed by atoms with E-state index in [0.717, 1.165) is 36.7 Å². The van der Waals surface area contributed by atoms with Crippen molar-refractivity contribution in [2.45, 2.75) is 70.9 Å². The summed E-state index contributed by atoms with van der Waals surface area (Å²) in [4.78, 5) is 18.8. The summed E-state index contributed by atoms with van der Waals surface area (Å²) in [5.41, 5.74) is 0. The lowest BCUT2D eigenvalue weighted by Crippen LogP contribution is -2.32. The van der Waals surface area contributed by atoms with Crippen LogP contribution in [-0.4, -0.2) is 27.0 Å². The molecule has 6 nitrogen and oxygen atoms in total. The Morgan fingerprint density at radius 2 is 2.16 bits per heavy atom. The molecule has 2 aliphatic carbocycles. The predicted molar refractivity (Wildman–Crippen MR) is 90.8 cm³/mol. The molecule has 0 bridgehead atoms. The first kappa shape index (κ1) is 16.4. The number of furan rings is 1. The second kappa shape index (κ2) is 6.65. The molecule has 0 aliphatic heterocycles. The zero-order valence-corrected chi connectivity index (χ0v) is 14.9. The van der Waals surface area contributed by atoms with Gasteiger partial charge in [0.1, 0.15) is 11.5 Å². The van der Waals surface area contributed by atoms with E-state index in [0.29, 0.717) is 43.1 Å². The fourth-order valence-corrected chi connectivity index (χ4v) is 3.35. The summed E-state index contributed by atoms with van der Waals surface area (Å²) < 4.78 is 11.1. The van der Waals surface area contributed by atoms with Crippen molar-refractivity contribution >= 4 is 5.91 Å². The average molecular weight is 343 g/mol. The topological polar surface area (TPSA) is 72.4 Å². The Labute approximate surface area is 147 Å². The van der Waals surface area contributed by atoms with Crippen LogP contribution in [0.15, 0.2) is 21.1 Å². The summed E-state index contributed by atoms with van der Waals surface area (Å²) in [6.45, 7) is 4.63. The van der Waals surface area contributed by atoms with Gasteiger partial charge in [-0.05, 0) is 50.7 Å². The molecule has 2 heterocycles. The minimum Gasteiger partial charge on any atom is -0.464 e. The molecule has 2 aromatic rings. The van der Waals surface area contributed by atoms with Gasteiger partial charge in [0.15, 0.2) is 5.82 Å². The normalized spacial score (nSPS) is 22.2. The molecule has 2 atom stereocenters. The second-order valence-electron chi connectivity index (χ2n) is 7.47. The molecule has 25 heavy (non-hydrogen) atoms. The average Bonchev–Trinajstić information content (AvgIpc) is 3.47. The van der Waals surface area contributed by atoms with E-state index < -0.39 is 0 Å². The smallest absolute Gasteiger partial charge is 0.226 e. The second-order valence-corrected chi connectivity index (χ2v) is 7.47. The lowest BCUT2D eigenvalue weighted by Gasteiger charge is -2.21. The van der Waals surface area contributed by atoms with Crippen molar-refractivity contribution in [1.82, 2.24) is 15.0 Å². The molecule has 6 heteroatoms. The highest BCUT2D eigenvalue weighted by molar-refractivity contribution is 5.76. The summed E-state index contributed by atoms with van der Waals surface area (Å²) in [7, 11) is 0. The third kappa shape index (κ3) is 3.94. The Hall–Kier alpha value is -2.11. The Balaban J connectivity index is 1.31. The molecule has 0 aromatic carbocycles. The van der Waals surface area contributed by atoms with Crippen LogP contribution in [0.1, 0.15) is 68.2 Å². The van der Waals surface area contributed by atoms with Crippen LogP contribution in [0.3, 0.4) is 0 Å². The van der Waals surface area contributed by atoms with Crippen LogP contribution in [0.25, 0.3) is 0 Å². The van der Waals surface area contributed by atoms with Crippen molar-refractivity contribution in [3.8, 4) is 0 Å². The Kier molecular flexibility index (Phi) is 4.36. The number of rotatable bonds is 8. The van der Waals surface area contributed by atoms with Gasteiger partial charge in [-0.3, -0.25) is 4.79 Å². The number of carbonyl (C=O) groups excluding carboxylic acids is 1. The van der Waals surface area contributed by atoms with Crippen LogP contribution in [0.5, 0.6) is 0 Å². The number of amides is 1. The molecule has 0 radical (unpaired) electrons. The van der Waals surface area contributed by atoms with E-state index in [9.17, 15) is 4.79 Å². The van der Waals surface area contributed by atoms with Crippen LogP contribution in [0, 0.1) is 12.8 Å². The molecule has 2 aliphatic rings. The molecule has 0 saturated heterocycles. The van der Waals surface area contributed by atoms with Gasteiger partial charge in [-0.15, -0.1) is 0 Å². The van der Waals surface area contributed by atoms with Gasteiger partial charge in [0, 0.05) is 24.8 Å². The summed E-state index contributed by atoms with van der Waals surface area (Å²) in [6.07, 6.45) is 5.30. The zero-order chi connectivity index (χ0) is 17.4.